The highest BCUT2D eigenvalue weighted by atomic mass is 35.5. The van der Waals surface area contributed by atoms with Crippen molar-refractivity contribution in [1.82, 2.24) is 0 Å². The van der Waals surface area contributed by atoms with E-state index >= 15 is 0 Å². The van der Waals surface area contributed by atoms with Crippen LogP contribution in [-0.2, 0) is 9.59 Å². The van der Waals surface area contributed by atoms with Crippen molar-refractivity contribution in [2.45, 2.75) is 33.1 Å². The van der Waals surface area contributed by atoms with Crippen molar-refractivity contribution in [2.75, 3.05) is 5.32 Å². The van der Waals surface area contributed by atoms with Gasteiger partial charge in [-0.3, -0.25) is 9.59 Å². The van der Waals surface area contributed by atoms with Gasteiger partial charge in [-0.1, -0.05) is 31.9 Å². The predicted molar refractivity (Wildman–Crippen MR) is 109 cm³/mol. The van der Waals surface area contributed by atoms with E-state index in [2.05, 4.69) is 5.32 Å². The first-order valence-corrected chi connectivity index (χ1v) is 9.85. The van der Waals surface area contributed by atoms with Crippen molar-refractivity contribution in [3.63, 3.8) is 0 Å². The summed E-state index contributed by atoms with van der Waals surface area (Å²) in [6.45, 7) is 3.59. The van der Waals surface area contributed by atoms with Crippen LogP contribution >= 0.6 is 11.6 Å². The van der Waals surface area contributed by atoms with E-state index in [1.807, 2.05) is 0 Å². The highest BCUT2D eigenvalue weighted by Gasteiger charge is 2.27. The summed E-state index contributed by atoms with van der Waals surface area (Å²) < 4.78 is 10.7. The molecular weight excluding hydrogens is 394 g/mol. The van der Waals surface area contributed by atoms with Crippen molar-refractivity contribution in [3.8, 4) is 11.5 Å². The van der Waals surface area contributed by atoms with E-state index in [4.69, 9.17) is 21.1 Å². The molecular formula is C22H22ClNO5. The van der Waals surface area contributed by atoms with Crippen LogP contribution in [0.1, 0.15) is 43.5 Å². The zero-order chi connectivity index (χ0) is 21.0. The number of ether oxygens (including phenoxy) is 2. The van der Waals surface area contributed by atoms with Crippen LogP contribution in [0, 0.1) is 11.8 Å². The molecule has 0 radical (unpaired) electrons. The number of anilines is 1. The zero-order valence-corrected chi connectivity index (χ0v) is 17.0. The quantitative estimate of drug-likeness (QED) is 0.538. The Balaban J connectivity index is 1.65. The predicted octanol–water partition coefficient (Wildman–Crippen LogP) is 4.86. The molecule has 1 fully saturated rings. The molecule has 1 N–H and O–H groups in total. The molecule has 1 aliphatic rings. The Labute approximate surface area is 174 Å². The summed E-state index contributed by atoms with van der Waals surface area (Å²) in [6.07, 6.45) is 2.68. The molecule has 1 aliphatic carbocycles. The summed E-state index contributed by atoms with van der Waals surface area (Å²) in [4.78, 5) is 36.1. The maximum Gasteiger partial charge on any atom is 0.343 e. The first kappa shape index (κ1) is 20.9. The van der Waals surface area contributed by atoms with Gasteiger partial charge in [0.15, 0.2) is 0 Å². The Morgan fingerprint density at radius 3 is 2.17 bits per heavy atom. The minimum Gasteiger partial charge on any atom is -0.426 e. The van der Waals surface area contributed by atoms with Crippen LogP contribution in [0.2, 0.25) is 5.02 Å². The normalized spacial score (nSPS) is 13.5. The first-order valence-electron chi connectivity index (χ1n) is 9.47. The highest BCUT2D eigenvalue weighted by Crippen LogP contribution is 2.31. The molecule has 0 heterocycles. The molecule has 2 aromatic rings. The third-order valence-corrected chi connectivity index (χ3v) is 4.84. The molecule has 1 amide bonds. The van der Waals surface area contributed by atoms with Gasteiger partial charge in [0.1, 0.15) is 11.5 Å². The molecule has 0 atom stereocenters. The van der Waals surface area contributed by atoms with E-state index in [-0.39, 0.29) is 35.2 Å². The SMILES string of the molecule is CC(C)C(=O)Nc1ccc(C(=O)Oc2cc(Cl)cc(OC(=O)C3CCC3)c2)cc1. The van der Waals surface area contributed by atoms with Gasteiger partial charge in [-0.15, -0.1) is 0 Å². The van der Waals surface area contributed by atoms with Crippen molar-refractivity contribution >= 4 is 35.1 Å². The fourth-order valence-corrected chi connectivity index (χ4v) is 2.86. The van der Waals surface area contributed by atoms with Crippen LogP contribution < -0.4 is 14.8 Å². The van der Waals surface area contributed by atoms with Crippen molar-refractivity contribution in [2.24, 2.45) is 11.8 Å². The zero-order valence-electron chi connectivity index (χ0n) is 16.2. The van der Waals surface area contributed by atoms with Gasteiger partial charge in [0.05, 0.1) is 11.5 Å². The van der Waals surface area contributed by atoms with Crippen LogP contribution in [0.15, 0.2) is 42.5 Å². The lowest BCUT2D eigenvalue weighted by Crippen LogP contribution is -2.26. The fourth-order valence-electron chi connectivity index (χ4n) is 2.64. The first-order chi connectivity index (χ1) is 13.8. The van der Waals surface area contributed by atoms with E-state index in [0.29, 0.717) is 16.3 Å². The van der Waals surface area contributed by atoms with Gasteiger partial charge < -0.3 is 14.8 Å². The summed E-state index contributed by atoms with van der Waals surface area (Å²) in [5.41, 5.74) is 0.897. The molecule has 0 unspecified atom stereocenters. The molecule has 152 valence electrons. The van der Waals surface area contributed by atoms with Gasteiger partial charge in [0.25, 0.3) is 0 Å². The van der Waals surface area contributed by atoms with E-state index in [9.17, 15) is 14.4 Å². The second-order valence-corrected chi connectivity index (χ2v) is 7.72. The Hall–Kier alpha value is -2.86. The Kier molecular flexibility index (Phi) is 6.54. The van der Waals surface area contributed by atoms with E-state index < -0.39 is 5.97 Å². The highest BCUT2D eigenvalue weighted by molar-refractivity contribution is 6.30. The molecule has 3 rings (SSSR count). The Morgan fingerprint density at radius 2 is 1.62 bits per heavy atom. The number of hydrogen-bond acceptors (Lipinski definition) is 5. The third-order valence-electron chi connectivity index (χ3n) is 4.62. The smallest absolute Gasteiger partial charge is 0.343 e. The van der Waals surface area contributed by atoms with Gasteiger partial charge in [0.2, 0.25) is 5.91 Å². The van der Waals surface area contributed by atoms with Crippen molar-refractivity contribution < 1.29 is 23.9 Å². The van der Waals surface area contributed by atoms with Gasteiger partial charge >= 0.3 is 11.9 Å². The minimum absolute atomic E-state index is 0.0744. The number of hydrogen-bond donors (Lipinski definition) is 1. The molecule has 2 aromatic carbocycles. The second kappa shape index (κ2) is 9.09. The van der Waals surface area contributed by atoms with Crippen LogP contribution in [0.25, 0.3) is 0 Å². The monoisotopic (exact) mass is 415 g/mol. The van der Waals surface area contributed by atoms with Crippen LogP contribution in [0.4, 0.5) is 5.69 Å². The number of amides is 1. The second-order valence-electron chi connectivity index (χ2n) is 7.28. The molecule has 7 heteroatoms. The lowest BCUT2D eigenvalue weighted by molar-refractivity contribution is -0.141. The minimum atomic E-state index is -0.592. The largest absolute Gasteiger partial charge is 0.426 e. The van der Waals surface area contributed by atoms with E-state index in [0.717, 1.165) is 19.3 Å². The summed E-state index contributed by atoms with van der Waals surface area (Å²) >= 11 is 6.06. The molecule has 0 bridgehead atoms. The maximum absolute atomic E-state index is 12.4. The molecule has 0 saturated heterocycles. The van der Waals surface area contributed by atoms with Gasteiger partial charge in [-0.05, 0) is 49.2 Å². The number of rotatable bonds is 6. The van der Waals surface area contributed by atoms with Crippen molar-refractivity contribution in [1.29, 1.82) is 0 Å². The number of benzene rings is 2. The third kappa shape index (κ3) is 5.57. The average Bonchev–Trinajstić information content (AvgIpc) is 2.60. The Morgan fingerprint density at radius 1 is 1.00 bits per heavy atom. The molecule has 6 nitrogen and oxygen atoms in total. The van der Waals surface area contributed by atoms with Crippen LogP contribution in [0.3, 0.4) is 0 Å². The van der Waals surface area contributed by atoms with Crippen LogP contribution in [-0.4, -0.2) is 17.8 Å². The summed E-state index contributed by atoms with van der Waals surface area (Å²) in [5.74, 6) is -0.798. The average molecular weight is 416 g/mol. The topological polar surface area (TPSA) is 81.7 Å². The number of carbonyl (C=O) groups excluding carboxylic acids is 3. The summed E-state index contributed by atoms with van der Waals surface area (Å²) in [6, 6.07) is 10.8. The number of esters is 2. The molecule has 29 heavy (non-hydrogen) atoms. The van der Waals surface area contributed by atoms with Crippen LogP contribution in [0.5, 0.6) is 11.5 Å². The lowest BCUT2D eigenvalue weighted by atomic mass is 9.86. The van der Waals surface area contributed by atoms with Gasteiger partial charge in [-0.2, -0.15) is 0 Å². The summed E-state index contributed by atoms with van der Waals surface area (Å²) in [5, 5.41) is 3.04. The number of halogens is 1. The maximum atomic E-state index is 12.4. The number of nitrogens with one attached hydrogen (secondary N) is 1. The van der Waals surface area contributed by atoms with E-state index in [1.165, 1.54) is 18.2 Å². The lowest BCUT2D eigenvalue weighted by Gasteiger charge is -2.23. The molecule has 1 saturated carbocycles. The molecule has 0 spiro atoms. The fraction of sp³-hybridized carbons (Fsp3) is 0.318. The number of carbonyl (C=O) groups is 3. The van der Waals surface area contributed by atoms with Gasteiger partial charge in [0, 0.05) is 22.7 Å². The molecule has 0 aliphatic heterocycles. The Bertz CT molecular complexity index is 919. The standard InChI is InChI=1S/C22H22ClNO5/c1-13(2)20(25)24-17-8-6-15(7-9-17)22(27)29-19-11-16(23)10-18(12-19)28-21(26)14-4-3-5-14/h6-14H,3-5H2,1-2H3,(H,24,25). The van der Waals surface area contributed by atoms with Crippen molar-refractivity contribution in [3.05, 3.63) is 53.1 Å². The van der Waals surface area contributed by atoms with Gasteiger partial charge in [-0.25, -0.2) is 4.79 Å². The van der Waals surface area contributed by atoms with E-state index in [1.54, 1.807) is 38.1 Å². The molecule has 0 aromatic heterocycles. The summed E-state index contributed by atoms with van der Waals surface area (Å²) in [7, 11) is 0.